The number of nitrogens with two attached hydrogens (primary N) is 1. The van der Waals surface area contributed by atoms with E-state index in [9.17, 15) is 38.7 Å². The summed E-state index contributed by atoms with van der Waals surface area (Å²) in [6.45, 7) is 10.2. The summed E-state index contributed by atoms with van der Waals surface area (Å²) in [4.78, 5) is 90.2. The third-order valence-corrected chi connectivity index (χ3v) is 11.5. The molecule has 4 aromatic carbocycles. The number of hydrogen-bond donors (Lipinski definition) is 8. The molecule has 0 fully saturated rings. The Bertz CT molecular complexity index is 2410. The van der Waals surface area contributed by atoms with Gasteiger partial charge < -0.3 is 46.3 Å². The largest absolute Gasteiger partial charge is 0.508 e. The number of amides is 7. The molecule has 2 unspecified atom stereocenters. The van der Waals surface area contributed by atoms with Crippen molar-refractivity contribution in [2.75, 3.05) is 11.9 Å². The summed E-state index contributed by atoms with van der Waals surface area (Å²) in [5.74, 6) is -3.31. The first-order valence-corrected chi connectivity index (χ1v) is 23.4. The molecule has 0 bridgehead atoms. The van der Waals surface area contributed by atoms with Crippen LogP contribution in [0.15, 0.2) is 97.1 Å². The van der Waals surface area contributed by atoms with E-state index in [4.69, 9.17) is 19.9 Å². The highest BCUT2D eigenvalue weighted by Gasteiger charge is 2.32. The van der Waals surface area contributed by atoms with E-state index >= 15 is 0 Å². The van der Waals surface area contributed by atoms with Crippen molar-refractivity contribution in [3.8, 4) is 16.9 Å². The van der Waals surface area contributed by atoms with Crippen LogP contribution in [0.1, 0.15) is 102 Å². The van der Waals surface area contributed by atoms with Crippen LogP contribution in [0.3, 0.4) is 0 Å². The SMILES string of the molecule is CC(C)C(NC(=O)OCC1c2ccccc2-c2ccccc21)C(=O)NC(CCCCC(N)=O)C(=O)Nc1ccc(COC(=O)NNC(=O)[C@@H](C)C[C@H](Cc2ccc(O)cc2)NC(=O)OC(C)(C)C)cc1. The predicted molar refractivity (Wildman–Crippen MR) is 262 cm³/mol. The minimum Gasteiger partial charge on any atom is -0.508 e. The number of alkyl carbamates (subject to hydrolysis) is 2. The number of phenolic OH excluding ortho intramolecular Hbond substituents is 1. The second kappa shape index (κ2) is 25.1. The van der Waals surface area contributed by atoms with E-state index in [1.807, 2.05) is 48.5 Å². The van der Waals surface area contributed by atoms with Crippen LogP contribution in [0.2, 0.25) is 0 Å². The van der Waals surface area contributed by atoms with E-state index in [0.717, 1.165) is 27.8 Å². The lowest BCUT2D eigenvalue weighted by molar-refractivity contribution is -0.128. The van der Waals surface area contributed by atoms with Gasteiger partial charge in [-0.3, -0.25) is 24.6 Å². The number of hydrogen-bond acceptors (Lipinski definition) is 11. The van der Waals surface area contributed by atoms with Crippen molar-refractivity contribution in [3.05, 3.63) is 119 Å². The maximum atomic E-state index is 13.8. The number of nitrogens with one attached hydrogen (secondary N) is 6. The standard InChI is InChI=1S/C52H65N7O11/c1-31(2)45(57-49(65)69-30-42-40-15-9-7-13-38(40)39-14-8-10-16-41(39)42)48(64)56-43(17-11-12-18-44(53)61)47(63)54-35-23-19-34(20-24-35)29-68-51(67)59-58-46(62)32(3)27-36(55-50(66)70-52(4,5)6)28-33-21-25-37(60)26-22-33/h7-10,13-16,19-26,31-32,36,42-43,45,60H,11-12,17-18,27-30H2,1-6H3,(H2,53,61)(H,54,63)(H,55,66)(H,56,64)(H,57,65)(H,58,62)(H,59,67)/t32-,36+,43?,45?/m0/s1. The molecule has 1 aliphatic rings. The summed E-state index contributed by atoms with van der Waals surface area (Å²) in [5.41, 5.74) is 15.1. The van der Waals surface area contributed by atoms with Gasteiger partial charge in [-0.2, -0.15) is 0 Å². The molecule has 0 spiro atoms. The highest BCUT2D eigenvalue weighted by atomic mass is 16.6. The van der Waals surface area contributed by atoms with Crippen LogP contribution >= 0.6 is 0 Å². The van der Waals surface area contributed by atoms with E-state index in [1.165, 1.54) is 12.1 Å². The van der Waals surface area contributed by atoms with Crippen LogP contribution in [0.5, 0.6) is 5.75 Å². The van der Waals surface area contributed by atoms with Gasteiger partial charge in [-0.1, -0.05) is 100.0 Å². The number of aromatic hydroxyl groups is 1. The first-order valence-electron chi connectivity index (χ1n) is 23.4. The summed E-state index contributed by atoms with van der Waals surface area (Å²) in [6.07, 6.45) is -0.791. The highest BCUT2D eigenvalue weighted by molar-refractivity contribution is 5.98. The molecular weight excluding hydrogens is 899 g/mol. The molecule has 18 heteroatoms. The third kappa shape index (κ3) is 16.6. The van der Waals surface area contributed by atoms with Crippen LogP contribution in [0.4, 0.5) is 20.1 Å². The molecule has 0 aromatic heterocycles. The number of phenols is 1. The number of rotatable bonds is 21. The summed E-state index contributed by atoms with van der Waals surface area (Å²) in [6, 6.07) is 26.1. The fourth-order valence-corrected chi connectivity index (χ4v) is 7.93. The monoisotopic (exact) mass is 963 g/mol. The molecule has 0 aliphatic heterocycles. The van der Waals surface area contributed by atoms with Crippen LogP contribution in [-0.4, -0.2) is 77.3 Å². The number of ether oxygens (including phenoxy) is 3. The predicted octanol–water partition coefficient (Wildman–Crippen LogP) is 6.84. The molecular formula is C52H65N7O11. The topological polar surface area (TPSA) is 266 Å². The summed E-state index contributed by atoms with van der Waals surface area (Å²) in [5, 5.41) is 20.7. The van der Waals surface area contributed by atoms with Gasteiger partial charge in [0.25, 0.3) is 0 Å². The number of anilines is 1. The van der Waals surface area contributed by atoms with E-state index < -0.39 is 71.6 Å². The van der Waals surface area contributed by atoms with E-state index in [-0.39, 0.29) is 50.1 Å². The van der Waals surface area contributed by atoms with Crippen LogP contribution < -0.4 is 37.9 Å². The molecule has 9 N–H and O–H groups in total. The lowest BCUT2D eigenvalue weighted by Gasteiger charge is -2.25. The quantitative estimate of drug-likeness (QED) is 0.0243. The molecule has 4 atom stereocenters. The number of carbonyl (C=O) groups excluding carboxylic acids is 7. The van der Waals surface area contributed by atoms with E-state index in [1.54, 1.807) is 77.9 Å². The molecule has 1 aliphatic carbocycles. The van der Waals surface area contributed by atoms with E-state index in [2.05, 4.69) is 32.1 Å². The van der Waals surface area contributed by atoms with Gasteiger partial charge in [0.2, 0.25) is 23.6 Å². The molecule has 0 heterocycles. The van der Waals surface area contributed by atoms with Crippen molar-refractivity contribution in [2.45, 2.75) is 116 Å². The van der Waals surface area contributed by atoms with E-state index in [0.29, 0.717) is 30.5 Å². The average Bonchev–Trinajstić information content (AvgIpc) is 3.63. The molecule has 374 valence electrons. The first kappa shape index (κ1) is 53.3. The van der Waals surface area contributed by atoms with Crippen molar-refractivity contribution >= 4 is 47.6 Å². The van der Waals surface area contributed by atoms with Gasteiger partial charge in [-0.15, -0.1) is 0 Å². The van der Waals surface area contributed by atoms with Crippen LogP contribution in [0, 0.1) is 11.8 Å². The van der Waals surface area contributed by atoms with Gasteiger partial charge in [-0.25, -0.2) is 19.8 Å². The zero-order chi connectivity index (χ0) is 51.0. The second-order valence-electron chi connectivity index (χ2n) is 18.7. The number of unbranched alkanes of at least 4 members (excludes halogenated alkanes) is 1. The zero-order valence-electron chi connectivity index (χ0n) is 40.5. The van der Waals surface area contributed by atoms with Gasteiger partial charge in [0.15, 0.2) is 0 Å². The summed E-state index contributed by atoms with van der Waals surface area (Å²) >= 11 is 0. The summed E-state index contributed by atoms with van der Waals surface area (Å²) in [7, 11) is 0. The van der Waals surface area contributed by atoms with Crippen molar-refractivity contribution in [3.63, 3.8) is 0 Å². The van der Waals surface area contributed by atoms with Crippen LogP contribution in [-0.2, 0) is 46.4 Å². The number of carbonyl (C=O) groups is 7. The normalized spacial score (nSPS) is 13.5. The van der Waals surface area contributed by atoms with Gasteiger partial charge in [0.1, 0.15) is 36.6 Å². The zero-order valence-corrected chi connectivity index (χ0v) is 40.5. The average molecular weight is 964 g/mol. The fraction of sp³-hybridized carbons (Fsp3) is 0.404. The Kier molecular flexibility index (Phi) is 19.1. The minimum atomic E-state index is -1.05. The third-order valence-electron chi connectivity index (χ3n) is 11.5. The number of fused-ring (bicyclic) bond motifs is 3. The molecule has 5 rings (SSSR count). The number of primary amides is 1. The Balaban J connectivity index is 1.11. The van der Waals surface area contributed by atoms with Gasteiger partial charge in [0, 0.05) is 30.0 Å². The Morgan fingerprint density at radius 3 is 1.89 bits per heavy atom. The molecule has 18 nitrogen and oxygen atoms in total. The van der Waals surface area contributed by atoms with Gasteiger partial charge in [-0.05, 0) is 110 Å². The number of hydrazine groups is 1. The molecule has 0 radical (unpaired) electrons. The molecule has 0 saturated carbocycles. The van der Waals surface area contributed by atoms with Crippen molar-refractivity contribution in [2.24, 2.45) is 17.6 Å². The highest BCUT2D eigenvalue weighted by Crippen LogP contribution is 2.44. The molecule has 0 saturated heterocycles. The van der Waals surface area contributed by atoms with Gasteiger partial charge >= 0.3 is 18.3 Å². The van der Waals surface area contributed by atoms with Crippen molar-refractivity contribution < 1.29 is 52.9 Å². The fourth-order valence-electron chi connectivity index (χ4n) is 7.93. The second-order valence-corrected chi connectivity index (χ2v) is 18.7. The van der Waals surface area contributed by atoms with Crippen LogP contribution in [0.25, 0.3) is 11.1 Å². The smallest absolute Gasteiger partial charge is 0.426 e. The lowest BCUT2D eigenvalue weighted by atomic mass is 9.95. The van der Waals surface area contributed by atoms with Gasteiger partial charge in [0.05, 0.1) is 0 Å². The van der Waals surface area contributed by atoms with Crippen molar-refractivity contribution in [1.82, 2.24) is 26.8 Å². The molecule has 70 heavy (non-hydrogen) atoms. The maximum absolute atomic E-state index is 13.8. The maximum Gasteiger partial charge on any atom is 0.426 e. The Labute approximate surface area is 408 Å². The molecule has 4 aromatic rings. The van der Waals surface area contributed by atoms with Crippen molar-refractivity contribution in [1.29, 1.82) is 0 Å². The Morgan fingerprint density at radius 2 is 1.29 bits per heavy atom. The minimum absolute atomic E-state index is 0.0532. The lowest BCUT2D eigenvalue weighted by Crippen LogP contribution is -2.54. The first-order chi connectivity index (χ1) is 33.3. The summed E-state index contributed by atoms with van der Waals surface area (Å²) < 4.78 is 16.4. The molecule has 7 amide bonds. The number of benzene rings is 4. The Hall–Kier alpha value is -7.63. The Morgan fingerprint density at radius 1 is 0.671 bits per heavy atom.